The molecule has 0 aliphatic carbocycles. The van der Waals surface area contributed by atoms with Gasteiger partial charge >= 0.3 is 5.97 Å². The minimum absolute atomic E-state index is 0.0961. The predicted octanol–water partition coefficient (Wildman–Crippen LogP) is 2.38. The number of methoxy groups -OCH3 is 1. The number of hydrogen-bond donors (Lipinski definition) is 0. The van der Waals surface area contributed by atoms with Crippen molar-refractivity contribution in [2.24, 2.45) is 5.92 Å². The average Bonchev–Trinajstić information content (AvgIpc) is 2.53. The largest absolute Gasteiger partial charge is 0.469 e. The zero-order valence-corrected chi connectivity index (χ0v) is 12.2. The molecule has 1 heterocycles. The van der Waals surface area contributed by atoms with E-state index in [1.54, 1.807) is 4.90 Å². The molecular formula is C15H18ClNO3. The number of alkyl halides is 1. The topological polar surface area (TPSA) is 46.6 Å². The third-order valence-corrected chi connectivity index (χ3v) is 4.09. The first-order valence-corrected chi connectivity index (χ1v) is 7.12. The maximum Gasteiger partial charge on any atom is 0.308 e. The van der Waals surface area contributed by atoms with Crippen molar-refractivity contribution < 1.29 is 14.3 Å². The van der Waals surface area contributed by atoms with E-state index in [9.17, 15) is 9.59 Å². The van der Waals surface area contributed by atoms with Crippen molar-refractivity contribution in [1.29, 1.82) is 0 Å². The summed E-state index contributed by atoms with van der Waals surface area (Å²) in [5.74, 6) is -0.390. The van der Waals surface area contributed by atoms with E-state index in [0.29, 0.717) is 25.9 Å². The molecule has 0 spiro atoms. The molecule has 1 aromatic rings. The van der Waals surface area contributed by atoms with E-state index >= 15 is 0 Å². The van der Waals surface area contributed by atoms with Gasteiger partial charge in [-0.15, -0.1) is 11.6 Å². The first-order valence-electron chi connectivity index (χ1n) is 6.69. The lowest BCUT2D eigenvalue weighted by atomic mass is 9.96. The molecule has 1 amide bonds. The number of carbonyl (C=O) groups excluding carboxylic acids is 2. The SMILES string of the molecule is COC(=O)C1CCN(C(=O)C(Cl)c2ccccc2)CC1. The molecule has 0 bridgehead atoms. The fourth-order valence-corrected chi connectivity index (χ4v) is 2.71. The summed E-state index contributed by atoms with van der Waals surface area (Å²) >= 11 is 6.23. The molecule has 1 unspecified atom stereocenters. The summed E-state index contributed by atoms with van der Waals surface area (Å²) in [6.45, 7) is 1.10. The molecular weight excluding hydrogens is 278 g/mol. The zero-order chi connectivity index (χ0) is 14.5. The Balaban J connectivity index is 1.93. The number of benzene rings is 1. The maximum absolute atomic E-state index is 12.3. The second-order valence-electron chi connectivity index (χ2n) is 4.90. The fourth-order valence-electron chi connectivity index (χ4n) is 2.43. The number of esters is 1. The highest BCUT2D eigenvalue weighted by Crippen LogP contribution is 2.26. The van der Waals surface area contributed by atoms with Gasteiger partial charge in [-0.2, -0.15) is 0 Å². The Bertz CT molecular complexity index is 469. The molecule has 0 radical (unpaired) electrons. The van der Waals surface area contributed by atoms with Crippen molar-refractivity contribution in [3.05, 3.63) is 35.9 Å². The molecule has 5 heteroatoms. The third kappa shape index (κ3) is 3.31. The molecule has 1 saturated heterocycles. The Morgan fingerprint density at radius 1 is 1.25 bits per heavy atom. The average molecular weight is 296 g/mol. The van der Waals surface area contributed by atoms with Gasteiger partial charge in [-0.05, 0) is 18.4 Å². The summed E-state index contributed by atoms with van der Waals surface area (Å²) in [5.41, 5.74) is 0.800. The molecule has 0 saturated carbocycles. The van der Waals surface area contributed by atoms with E-state index < -0.39 is 5.38 Å². The maximum atomic E-state index is 12.3. The van der Waals surface area contributed by atoms with Crippen molar-refractivity contribution >= 4 is 23.5 Å². The standard InChI is InChI=1S/C15H18ClNO3/c1-20-15(19)12-7-9-17(10-8-12)14(18)13(16)11-5-3-2-4-6-11/h2-6,12-13H,7-10H2,1H3. The van der Waals surface area contributed by atoms with Gasteiger partial charge in [0.2, 0.25) is 5.91 Å². The van der Waals surface area contributed by atoms with E-state index in [0.717, 1.165) is 5.56 Å². The number of likely N-dealkylation sites (tertiary alicyclic amines) is 1. The Hall–Kier alpha value is -1.55. The number of carbonyl (C=O) groups is 2. The van der Waals surface area contributed by atoms with E-state index in [1.807, 2.05) is 30.3 Å². The van der Waals surface area contributed by atoms with Gasteiger partial charge in [0.15, 0.2) is 0 Å². The van der Waals surface area contributed by atoms with Crippen LogP contribution in [0.3, 0.4) is 0 Å². The van der Waals surface area contributed by atoms with Crippen LogP contribution < -0.4 is 0 Å². The van der Waals surface area contributed by atoms with Gasteiger partial charge in [0.05, 0.1) is 13.0 Å². The predicted molar refractivity (Wildman–Crippen MR) is 76.4 cm³/mol. The minimum Gasteiger partial charge on any atom is -0.469 e. The highest BCUT2D eigenvalue weighted by molar-refractivity contribution is 6.30. The molecule has 1 fully saturated rings. The third-order valence-electron chi connectivity index (χ3n) is 3.65. The zero-order valence-electron chi connectivity index (χ0n) is 11.4. The second kappa shape index (κ2) is 6.75. The molecule has 1 aliphatic heterocycles. The van der Waals surface area contributed by atoms with E-state index in [1.165, 1.54) is 7.11 Å². The van der Waals surface area contributed by atoms with Gasteiger partial charge in [0, 0.05) is 13.1 Å². The quantitative estimate of drug-likeness (QED) is 0.635. The van der Waals surface area contributed by atoms with Gasteiger partial charge in [0.25, 0.3) is 0 Å². The van der Waals surface area contributed by atoms with Crippen LogP contribution in [0.15, 0.2) is 30.3 Å². The van der Waals surface area contributed by atoms with Crippen LogP contribution in [0.25, 0.3) is 0 Å². The number of piperidine rings is 1. The Morgan fingerprint density at radius 3 is 2.40 bits per heavy atom. The molecule has 20 heavy (non-hydrogen) atoms. The lowest BCUT2D eigenvalue weighted by Gasteiger charge is -2.32. The monoisotopic (exact) mass is 295 g/mol. The number of ether oxygens (including phenoxy) is 1. The van der Waals surface area contributed by atoms with Gasteiger partial charge < -0.3 is 9.64 Å². The van der Waals surface area contributed by atoms with Crippen molar-refractivity contribution in [3.63, 3.8) is 0 Å². The lowest BCUT2D eigenvalue weighted by molar-refractivity contribution is -0.148. The summed E-state index contributed by atoms with van der Waals surface area (Å²) in [5, 5.41) is -0.661. The smallest absolute Gasteiger partial charge is 0.308 e. The fraction of sp³-hybridized carbons (Fsp3) is 0.467. The van der Waals surface area contributed by atoms with E-state index in [2.05, 4.69) is 0 Å². The van der Waals surface area contributed by atoms with E-state index in [-0.39, 0.29) is 17.8 Å². The van der Waals surface area contributed by atoms with Crippen LogP contribution in [-0.4, -0.2) is 37.0 Å². The van der Waals surface area contributed by atoms with Crippen molar-refractivity contribution in [2.75, 3.05) is 20.2 Å². The second-order valence-corrected chi connectivity index (χ2v) is 5.33. The van der Waals surface area contributed by atoms with Gasteiger partial charge in [-0.3, -0.25) is 9.59 Å². The molecule has 0 aromatic heterocycles. The van der Waals surface area contributed by atoms with Crippen molar-refractivity contribution in [2.45, 2.75) is 18.2 Å². The van der Waals surface area contributed by atoms with E-state index in [4.69, 9.17) is 16.3 Å². The normalized spacial score (nSPS) is 17.6. The molecule has 2 rings (SSSR count). The molecule has 1 atom stereocenters. The molecule has 108 valence electrons. The molecule has 4 nitrogen and oxygen atoms in total. The van der Waals surface area contributed by atoms with Crippen molar-refractivity contribution in [3.8, 4) is 0 Å². The van der Waals surface area contributed by atoms with Crippen LogP contribution in [0.5, 0.6) is 0 Å². The Kier molecular flexibility index (Phi) is 5.01. The van der Waals surface area contributed by atoms with Crippen LogP contribution in [0.4, 0.5) is 0 Å². The molecule has 0 N–H and O–H groups in total. The summed E-state index contributed by atoms with van der Waals surface area (Å²) in [6.07, 6.45) is 1.27. The number of halogens is 1. The number of rotatable bonds is 3. The molecule has 1 aromatic carbocycles. The minimum atomic E-state index is -0.661. The lowest BCUT2D eigenvalue weighted by Crippen LogP contribution is -2.41. The Morgan fingerprint density at radius 2 is 1.85 bits per heavy atom. The highest BCUT2D eigenvalue weighted by Gasteiger charge is 2.30. The van der Waals surface area contributed by atoms with Gasteiger partial charge in [-0.1, -0.05) is 30.3 Å². The van der Waals surface area contributed by atoms with Crippen LogP contribution in [-0.2, 0) is 14.3 Å². The first kappa shape index (κ1) is 14.9. The number of amides is 1. The van der Waals surface area contributed by atoms with Crippen LogP contribution in [0.2, 0.25) is 0 Å². The summed E-state index contributed by atoms with van der Waals surface area (Å²) < 4.78 is 4.73. The number of nitrogens with zero attached hydrogens (tertiary/aromatic N) is 1. The Labute approximate surface area is 123 Å². The molecule has 1 aliphatic rings. The van der Waals surface area contributed by atoms with Crippen LogP contribution in [0.1, 0.15) is 23.8 Å². The summed E-state index contributed by atoms with van der Waals surface area (Å²) in [7, 11) is 1.39. The summed E-state index contributed by atoms with van der Waals surface area (Å²) in [6, 6.07) is 9.30. The summed E-state index contributed by atoms with van der Waals surface area (Å²) in [4.78, 5) is 25.5. The van der Waals surface area contributed by atoms with Crippen LogP contribution in [0, 0.1) is 5.92 Å². The van der Waals surface area contributed by atoms with Crippen LogP contribution >= 0.6 is 11.6 Å². The highest BCUT2D eigenvalue weighted by atomic mass is 35.5. The number of hydrogen-bond acceptors (Lipinski definition) is 3. The first-order chi connectivity index (χ1) is 9.63. The van der Waals surface area contributed by atoms with Gasteiger partial charge in [-0.25, -0.2) is 0 Å². The van der Waals surface area contributed by atoms with Crippen molar-refractivity contribution in [1.82, 2.24) is 4.90 Å². The van der Waals surface area contributed by atoms with Gasteiger partial charge in [0.1, 0.15) is 5.38 Å².